The SMILES string of the molecule is CCC1CC1BOC(C)(C)C(C)(C)O. The van der Waals surface area contributed by atoms with Crippen LogP contribution in [0.25, 0.3) is 0 Å². The summed E-state index contributed by atoms with van der Waals surface area (Å²) in [5, 5.41) is 9.88. The molecule has 2 atom stereocenters. The second kappa shape index (κ2) is 3.86. The van der Waals surface area contributed by atoms with Gasteiger partial charge in [0.25, 0.3) is 7.48 Å². The lowest BCUT2D eigenvalue weighted by Crippen LogP contribution is -2.48. The van der Waals surface area contributed by atoms with Crippen molar-refractivity contribution in [2.24, 2.45) is 5.92 Å². The molecule has 2 unspecified atom stereocenters. The zero-order valence-corrected chi connectivity index (χ0v) is 10.1. The molecule has 1 N–H and O–H groups in total. The van der Waals surface area contributed by atoms with E-state index in [1.807, 2.05) is 13.8 Å². The summed E-state index contributed by atoms with van der Waals surface area (Å²) >= 11 is 0. The van der Waals surface area contributed by atoms with Gasteiger partial charge >= 0.3 is 0 Å². The van der Waals surface area contributed by atoms with E-state index >= 15 is 0 Å². The number of aliphatic hydroxyl groups is 1. The van der Waals surface area contributed by atoms with Crippen LogP contribution in [0.15, 0.2) is 0 Å². The summed E-state index contributed by atoms with van der Waals surface area (Å²) in [7, 11) is 0.801. The third-order valence-corrected chi connectivity index (χ3v) is 3.73. The van der Waals surface area contributed by atoms with E-state index in [0.29, 0.717) is 0 Å². The fourth-order valence-electron chi connectivity index (χ4n) is 1.51. The maximum Gasteiger partial charge on any atom is 0.279 e. The zero-order chi connectivity index (χ0) is 11.0. The quantitative estimate of drug-likeness (QED) is 0.685. The molecule has 1 saturated carbocycles. The van der Waals surface area contributed by atoms with Crippen LogP contribution in [0.1, 0.15) is 47.5 Å². The molecular weight excluding hydrogens is 175 g/mol. The molecule has 1 aliphatic rings. The molecule has 2 nitrogen and oxygen atoms in total. The van der Waals surface area contributed by atoms with Gasteiger partial charge in [0.15, 0.2) is 0 Å². The fourth-order valence-corrected chi connectivity index (χ4v) is 1.51. The molecule has 1 fully saturated rings. The Labute approximate surface area is 88.3 Å². The van der Waals surface area contributed by atoms with Crippen LogP contribution in [-0.4, -0.2) is 23.8 Å². The van der Waals surface area contributed by atoms with E-state index in [0.717, 1.165) is 19.2 Å². The average Bonchev–Trinajstić information content (AvgIpc) is 2.77. The van der Waals surface area contributed by atoms with E-state index in [9.17, 15) is 5.11 Å². The Morgan fingerprint density at radius 1 is 1.36 bits per heavy atom. The summed E-state index contributed by atoms with van der Waals surface area (Å²) in [6.45, 7) is 9.74. The molecule has 1 rings (SSSR count). The highest BCUT2D eigenvalue weighted by atomic mass is 16.5. The van der Waals surface area contributed by atoms with Crippen LogP contribution in [0.2, 0.25) is 5.82 Å². The maximum atomic E-state index is 9.88. The van der Waals surface area contributed by atoms with Gasteiger partial charge in [-0.3, -0.25) is 0 Å². The van der Waals surface area contributed by atoms with Crippen LogP contribution < -0.4 is 0 Å². The molecule has 0 aromatic heterocycles. The lowest BCUT2D eigenvalue weighted by molar-refractivity contribution is -0.0905. The molecule has 0 radical (unpaired) electrons. The normalized spacial score (nSPS) is 27.6. The standard InChI is InChI=1S/C11H23BO2/c1-6-8-7-9(8)12-14-11(4,5)10(2,3)13/h8-9,12-13H,6-7H2,1-5H3. The molecule has 0 spiro atoms. The third kappa shape index (κ3) is 2.74. The van der Waals surface area contributed by atoms with Crippen LogP contribution in [0.5, 0.6) is 0 Å². The molecule has 3 heteroatoms. The van der Waals surface area contributed by atoms with Crippen LogP contribution in [0.4, 0.5) is 0 Å². The van der Waals surface area contributed by atoms with Crippen molar-refractivity contribution >= 4 is 7.48 Å². The number of hydrogen-bond acceptors (Lipinski definition) is 2. The molecular formula is C11H23BO2. The molecule has 14 heavy (non-hydrogen) atoms. The van der Waals surface area contributed by atoms with Crippen LogP contribution in [0, 0.1) is 5.92 Å². The highest BCUT2D eigenvalue weighted by molar-refractivity contribution is 6.31. The Morgan fingerprint density at radius 2 is 1.93 bits per heavy atom. The van der Waals surface area contributed by atoms with Crippen LogP contribution in [0.3, 0.4) is 0 Å². The lowest BCUT2D eigenvalue weighted by atomic mass is 9.83. The minimum absolute atomic E-state index is 0.451. The fraction of sp³-hybridized carbons (Fsp3) is 1.00. The highest BCUT2D eigenvalue weighted by Crippen LogP contribution is 2.47. The van der Waals surface area contributed by atoms with E-state index < -0.39 is 11.2 Å². The van der Waals surface area contributed by atoms with Gasteiger partial charge in [-0.2, -0.15) is 0 Å². The highest BCUT2D eigenvalue weighted by Gasteiger charge is 2.41. The Hall–Kier alpha value is -0.0151. The Kier molecular flexibility index (Phi) is 3.32. The smallest absolute Gasteiger partial charge is 0.279 e. The first-order chi connectivity index (χ1) is 6.28. The van der Waals surface area contributed by atoms with Gasteiger partial charge in [0.1, 0.15) is 0 Å². The van der Waals surface area contributed by atoms with Crippen molar-refractivity contribution in [1.82, 2.24) is 0 Å². The molecule has 0 amide bonds. The van der Waals surface area contributed by atoms with Crippen molar-refractivity contribution in [2.75, 3.05) is 0 Å². The van der Waals surface area contributed by atoms with Gasteiger partial charge in [-0.25, -0.2) is 0 Å². The third-order valence-electron chi connectivity index (χ3n) is 3.73. The summed E-state index contributed by atoms with van der Waals surface area (Å²) < 4.78 is 5.80. The summed E-state index contributed by atoms with van der Waals surface area (Å²) in [5.41, 5.74) is -1.22. The van der Waals surface area contributed by atoms with Gasteiger partial charge in [-0.1, -0.05) is 19.8 Å². The average molecular weight is 198 g/mol. The first-order valence-electron chi connectivity index (χ1n) is 5.64. The van der Waals surface area contributed by atoms with Crippen molar-refractivity contribution in [3.8, 4) is 0 Å². The largest absolute Gasteiger partial charge is 0.432 e. The van der Waals surface area contributed by atoms with Gasteiger partial charge in [0.2, 0.25) is 0 Å². The van der Waals surface area contributed by atoms with Gasteiger partial charge < -0.3 is 9.76 Å². The summed E-state index contributed by atoms with van der Waals surface area (Å²) in [5.74, 6) is 1.61. The van der Waals surface area contributed by atoms with Crippen molar-refractivity contribution in [3.63, 3.8) is 0 Å². The zero-order valence-electron chi connectivity index (χ0n) is 10.1. The number of hydrogen-bond donors (Lipinski definition) is 1. The predicted octanol–water partition coefficient (Wildman–Crippen LogP) is 2.12. The van der Waals surface area contributed by atoms with Crippen molar-refractivity contribution in [1.29, 1.82) is 0 Å². The molecule has 0 aromatic rings. The van der Waals surface area contributed by atoms with E-state index in [1.165, 1.54) is 12.8 Å². The van der Waals surface area contributed by atoms with Crippen molar-refractivity contribution in [3.05, 3.63) is 0 Å². The van der Waals surface area contributed by atoms with Gasteiger partial charge in [-0.15, -0.1) is 0 Å². The molecule has 82 valence electrons. The van der Waals surface area contributed by atoms with Crippen molar-refractivity contribution in [2.45, 2.75) is 64.5 Å². The maximum absolute atomic E-state index is 9.88. The summed E-state index contributed by atoms with van der Waals surface area (Å²) in [4.78, 5) is 0. The molecule has 0 heterocycles. The Morgan fingerprint density at radius 3 is 2.29 bits per heavy atom. The number of rotatable bonds is 5. The first kappa shape index (κ1) is 12.1. The molecule has 0 aromatic carbocycles. The Balaban J connectivity index is 2.31. The second-order valence-electron chi connectivity index (χ2n) is 5.54. The van der Waals surface area contributed by atoms with Crippen LogP contribution in [-0.2, 0) is 4.65 Å². The minimum atomic E-state index is -0.774. The summed E-state index contributed by atoms with van der Waals surface area (Å²) in [6, 6.07) is 0. The van der Waals surface area contributed by atoms with E-state index in [4.69, 9.17) is 4.65 Å². The van der Waals surface area contributed by atoms with Gasteiger partial charge in [-0.05, 0) is 39.4 Å². The molecule has 0 saturated heterocycles. The van der Waals surface area contributed by atoms with E-state index in [1.54, 1.807) is 13.8 Å². The molecule has 0 aliphatic heterocycles. The van der Waals surface area contributed by atoms with Crippen molar-refractivity contribution < 1.29 is 9.76 Å². The minimum Gasteiger partial charge on any atom is -0.432 e. The summed E-state index contributed by atoms with van der Waals surface area (Å²) in [6.07, 6.45) is 2.56. The lowest BCUT2D eigenvalue weighted by Gasteiger charge is -2.37. The second-order valence-corrected chi connectivity index (χ2v) is 5.54. The predicted molar refractivity (Wildman–Crippen MR) is 60.8 cm³/mol. The topological polar surface area (TPSA) is 29.5 Å². The molecule has 1 aliphatic carbocycles. The van der Waals surface area contributed by atoms with E-state index in [2.05, 4.69) is 6.92 Å². The van der Waals surface area contributed by atoms with E-state index in [-0.39, 0.29) is 0 Å². The monoisotopic (exact) mass is 198 g/mol. The Bertz CT molecular complexity index is 196. The molecule has 0 bridgehead atoms. The van der Waals surface area contributed by atoms with Gasteiger partial charge in [0, 0.05) is 0 Å². The van der Waals surface area contributed by atoms with Gasteiger partial charge in [0.05, 0.1) is 11.2 Å². The first-order valence-corrected chi connectivity index (χ1v) is 5.64. The van der Waals surface area contributed by atoms with Crippen LogP contribution >= 0.6 is 0 Å².